The van der Waals surface area contributed by atoms with Crippen LogP contribution in [-0.4, -0.2) is 0 Å². The van der Waals surface area contributed by atoms with Gasteiger partial charge in [-0.15, -0.1) is 0 Å². The summed E-state index contributed by atoms with van der Waals surface area (Å²) in [6.07, 6.45) is 0. The van der Waals surface area contributed by atoms with Crippen LogP contribution in [0.1, 0.15) is 0 Å². The van der Waals surface area contributed by atoms with E-state index in [9.17, 15) is 0 Å². The Labute approximate surface area is 227 Å². The molecule has 1 nitrogen and oxygen atoms in total. The van der Waals surface area contributed by atoms with E-state index in [0.717, 1.165) is 11.4 Å². The van der Waals surface area contributed by atoms with Gasteiger partial charge in [0.15, 0.2) is 0 Å². The van der Waals surface area contributed by atoms with Crippen LogP contribution in [0, 0.1) is 0 Å². The molecule has 0 heterocycles. The minimum absolute atomic E-state index is 1.14. The summed E-state index contributed by atoms with van der Waals surface area (Å²) in [7, 11) is 0. The zero-order chi connectivity index (χ0) is 25.8. The van der Waals surface area contributed by atoms with Crippen LogP contribution in [0.15, 0.2) is 152 Å². The van der Waals surface area contributed by atoms with Crippen molar-refractivity contribution in [1.29, 1.82) is 0 Å². The lowest BCUT2D eigenvalue weighted by atomic mass is 9.88. The summed E-state index contributed by atoms with van der Waals surface area (Å²) in [5.41, 5.74) is 5.99. The first-order valence-electron chi connectivity index (χ1n) is 13.5. The molecule has 1 heteroatoms. The van der Waals surface area contributed by atoms with Gasteiger partial charge in [-0.25, -0.2) is 0 Å². The summed E-state index contributed by atoms with van der Waals surface area (Å²) in [5, 5.41) is 10.4. The van der Waals surface area contributed by atoms with E-state index in [-0.39, 0.29) is 0 Å². The molecule has 8 rings (SSSR count). The average Bonchev–Trinajstić information content (AvgIpc) is 3.01. The second-order valence-electron chi connectivity index (χ2n) is 10.2. The van der Waals surface area contributed by atoms with Crippen molar-refractivity contribution < 1.29 is 0 Å². The molecule has 39 heavy (non-hydrogen) atoms. The number of nitrogens with zero attached hydrogens (tertiary/aromatic N) is 1. The zero-order valence-electron chi connectivity index (χ0n) is 21.4. The molecule has 0 fully saturated rings. The summed E-state index contributed by atoms with van der Waals surface area (Å²) in [5.74, 6) is 0. The molecule has 0 amide bonds. The standard InChI is InChI=1S/C38H25N/c1-3-12-29(13-4-1)39(30-14-5-2-6-15-30)36-19-9-17-32-31(16-8-18-34(32)36)33-24-22-28-21-20-26-10-7-11-27-23-25-35(33)38(28)37(26)27/h1-25H. The predicted octanol–water partition coefficient (Wildman–Crippen LogP) is 10.9. The number of hydrogen-bond donors (Lipinski definition) is 0. The number of rotatable bonds is 4. The minimum Gasteiger partial charge on any atom is -0.310 e. The lowest BCUT2D eigenvalue weighted by molar-refractivity contribution is 1.30. The first-order valence-corrected chi connectivity index (χ1v) is 13.5. The van der Waals surface area contributed by atoms with Crippen LogP contribution < -0.4 is 4.90 Å². The molecule has 0 radical (unpaired) electrons. The quantitative estimate of drug-likeness (QED) is 0.219. The van der Waals surface area contributed by atoms with Crippen LogP contribution in [-0.2, 0) is 0 Å². The van der Waals surface area contributed by atoms with E-state index in [0.29, 0.717) is 0 Å². The largest absolute Gasteiger partial charge is 0.310 e. The Morgan fingerprint density at radius 3 is 1.56 bits per heavy atom. The number of fused-ring (bicyclic) bond motifs is 1. The van der Waals surface area contributed by atoms with Gasteiger partial charge in [-0.05, 0) is 79.2 Å². The molecule has 0 unspecified atom stereocenters. The van der Waals surface area contributed by atoms with Gasteiger partial charge in [0.25, 0.3) is 0 Å². The van der Waals surface area contributed by atoms with Crippen molar-refractivity contribution in [3.05, 3.63) is 152 Å². The third kappa shape index (κ3) is 3.41. The second-order valence-corrected chi connectivity index (χ2v) is 10.2. The Hall–Kier alpha value is -5.14. The molecular formula is C38H25N. The maximum atomic E-state index is 2.36. The molecule has 0 bridgehead atoms. The average molecular weight is 496 g/mol. The van der Waals surface area contributed by atoms with Crippen LogP contribution in [0.5, 0.6) is 0 Å². The smallest absolute Gasteiger partial charge is 0.0540 e. The monoisotopic (exact) mass is 495 g/mol. The molecule has 0 aliphatic rings. The summed E-state index contributed by atoms with van der Waals surface area (Å²) >= 11 is 0. The molecule has 0 N–H and O–H groups in total. The normalized spacial score (nSPS) is 11.6. The van der Waals surface area contributed by atoms with E-state index < -0.39 is 0 Å². The van der Waals surface area contributed by atoms with Crippen molar-refractivity contribution in [2.45, 2.75) is 0 Å². The van der Waals surface area contributed by atoms with Crippen LogP contribution in [0.2, 0.25) is 0 Å². The van der Waals surface area contributed by atoms with Gasteiger partial charge in [0.2, 0.25) is 0 Å². The first kappa shape index (κ1) is 21.9. The van der Waals surface area contributed by atoms with Gasteiger partial charge >= 0.3 is 0 Å². The van der Waals surface area contributed by atoms with Gasteiger partial charge in [-0.2, -0.15) is 0 Å². The molecular weight excluding hydrogens is 470 g/mol. The van der Waals surface area contributed by atoms with E-state index in [1.807, 2.05) is 0 Å². The Balaban J connectivity index is 1.41. The summed E-state index contributed by atoms with van der Waals surface area (Å²) in [6, 6.07) is 54.9. The van der Waals surface area contributed by atoms with Crippen LogP contribution in [0.4, 0.5) is 17.1 Å². The molecule has 0 aliphatic carbocycles. The molecule has 0 saturated carbocycles. The van der Waals surface area contributed by atoms with Gasteiger partial charge < -0.3 is 4.90 Å². The van der Waals surface area contributed by atoms with Gasteiger partial charge in [0.05, 0.1) is 5.69 Å². The number of para-hydroxylation sites is 2. The Kier molecular flexibility index (Phi) is 4.89. The van der Waals surface area contributed by atoms with E-state index >= 15 is 0 Å². The Morgan fingerprint density at radius 1 is 0.308 bits per heavy atom. The Morgan fingerprint density at radius 2 is 0.846 bits per heavy atom. The highest BCUT2D eigenvalue weighted by Gasteiger charge is 2.18. The fourth-order valence-corrected chi connectivity index (χ4v) is 6.27. The maximum Gasteiger partial charge on any atom is 0.0540 e. The third-order valence-electron chi connectivity index (χ3n) is 7.99. The van der Waals surface area contributed by atoms with Gasteiger partial charge in [-0.1, -0.05) is 121 Å². The van der Waals surface area contributed by atoms with Crippen LogP contribution >= 0.6 is 0 Å². The van der Waals surface area contributed by atoms with Crippen molar-refractivity contribution in [2.24, 2.45) is 0 Å². The fraction of sp³-hybridized carbons (Fsp3) is 0. The highest BCUT2D eigenvalue weighted by atomic mass is 15.1. The van der Waals surface area contributed by atoms with Crippen molar-refractivity contribution in [3.63, 3.8) is 0 Å². The topological polar surface area (TPSA) is 3.24 Å². The molecule has 0 aliphatic heterocycles. The van der Waals surface area contributed by atoms with Crippen LogP contribution in [0.3, 0.4) is 0 Å². The molecule has 0 spiro atoms. The minimum atomic E-state index is 1.14. The lowest BCUT2D eigenvalue weighted by Crippen LogP contribution is -2.10. The zero-order valence-corrected chi connectivity index (χ0v) is 21.4. The molecule has 8 aromatic rings. The molecule has 182 valence electrons. The molecule has 0 atom stereocenters. The number of hydrogen-bond acceptors (Lipinski definition) is 1. The van der Waals surface area contributed by atoms with Gasteiger partial charge in [-0.3, -0.25) is 0 Å². The number of benzene rings is 8. The first-order chi connectivity index (χ1) is 19.4. The summed E-state index contributed by atoms with van der Waals surface area (Å²) < 4.78 is 0. The molecule has 8 aromatic carbocycles. The highest BCUT2D eigenvalue weighted by molar-refractivity contribution is 6.26. The van der Waals surface area contributed by atoms with E-state index in [1.165, 1.54) is 59.9 Å². The van der Waals surface area contributed by atoms with Crippen molar-refractivity contribution in [3.8, 4) is 11.1 Å². The van der Waals surface area contributed by atoms with Crippen molar-refractivity contribution in [1.82, 2.24) is 0 Å². The maximum absolute atomic E-state index is 2.36. The highest BCUT2D eigenvalue weighted by Crippen LogP contribution is 2.44. The van der Waals surface area contributed by atoms with Gasteiger partial charge in [0.1, 0.15) is 0 Å². The van der Waals surface area contributed by atoms with E-state index in [1.54, 1.807) is 0 Å². The lowest BCUT2D eigenvalue weighted by Gasteiger charge is -2.27. The number of anilines is 3. The summed E-state index contributed by atoms with van der Waals surface area (Å²) in [4.78, 5) is 2.36. The van der Waals surface area contributed by atoms with Crippen molar-refractivity contribution >= 4 is 60.2 Å². The second kappa shape index (κ2) is 8.72. The SMILES string of the molecule is c1ccc(N(c2ccccc2)c2cccc3c(-c4ccc5ccc6cccc7ccc4c5c67)cccc23)cc1. The van der Waals surface area contributed by atoms with Gasteiger partial charge in [0, 0.05) is 16.8 Å². The summed E-state index contributed by atoms with van der Waals surface area (Å²) in [6.45, 7) is 0. The van der Waals surface area contributed by atoms with E-state index in [4.69, 9.17) is 0 Å². The third-order valence-corrected chi connectivity index (χ3v) is 7.99. The van der Waals surface area contributed by atoms with E-state index in [2.05, 4.69) is 157 Å². The van der Waals surface area contributed by atoms with Crippen molar-refractivity contribution in [2.75, 3.05) is 4.90 Å². The Bertz CT molecular complexity index is 2050. The predicted molar refractivity (Wildman–Crippen MR) is 168 cm³/mol. The molecule has 0 aromatic heterocycles. The van der Waals surface area contributed by atoms with Crippen LogP contribution in [0.25, 0.3) is 54.2 Å². The molecule has 0 saturated heterocycles. The fourth-order valence-electron chi connectivity index (χ4n) is 6.27.